The lowest BCUT2D eigenvalue weighted by atomic mass is 10.3. The maximum Gasteiger partial charge on any atom is 0.227 e. The third kappa shape index (κ3) is 2.32. The number of nitrogens with one attached hydrogen (secondary N) is 2. The van der Waals surface area contributed by atoms with Crippen molar-refractivity contribution in [3.8, 4) is 0 Å². The summed E-state index contributed by atoms with van der Waals surface area (Å²) in [6.07, 6.45) is 0.469. The van der Waals surface area contributed by atoms with Gasteiger partial charge in [0.25, 0.3) is 0 Å². The topological polar surface area (TPSA) is 57.2 Å². The molecule has 0 unspecified atom stereocenters. The van der Waals surface area contributed by atoms with Crippen LogP contribution in [0.5, 0.6) is 0 Å². The van der Waals surface area contributed by atoms with Gasteiger partial charge in [0.15, 0.2) is 5.17 Å². The number of carbonyl (C=O) groups is 1. The van der Waals surface area contributed by atoms with Crippen molar-refractivity contribution >= 4 is 23.2 Å². The average Bonchev–Trinajstić information content (AvgIpc) is 2.41. The number of aryl methyl sites for hydroxylation is 2. The van der Waals surface area contributed by atoms with Crippen molar-refractivity contribution in [2.24, 2.45) is 5.10 Å². The van der Waals surface area contributed by atoms with E-state index in [-0.39, 0.29) is 5.17 Å². The molecule has 70 valence electrons. The van der Waals surface area contributed by atoms with Gasteiger partial charge < -0.3 is 4.98 Å². The van der Waals surface area contributed by atoms with Gasteiger partial charge in [-0.15, -0.1) is 0 Å². The molecule has 0 bridgehead atoms. The molecule has 0 aliphatic rings. The van der Waals surface area contributed by atoms with Gasteiger partial charge in [-0.05, 0) is 19.9 Å². The lowest BCUT2D eigenvalue weighted by Crippen LogP contribution is -2.05. The quantitative estimate of drug-likeness (QED) is 0.430. The summed E-state index contributed by atoms with van der Waals surface area (Å²) < 4.78 is 0. The third-order valence-corrected chi connectivity index (χ3v) is 1.88. The van der Waals surface area contributed by atoms with Crippen LogP contribution in [0.15, 0.2) is 11.2 Å². The van der Waals surface area contributed by atoms with Crippen molar-refractivity contribution < 1.29 is 4.79 Å². The molecule has 4 nitrogen and oxygen atoms in total. The van der Waals surface area contributed by atoms with Crippen molar-refractivity contribution in [2.75, 3.05) is 0 Å². The van der Waals surface area contributed by atoms with Crippen LogP contribution in [0, 0.1) is 13.8 Å². The molecule has 1 heterocycles. The standard InChI is InChI=1S/C8H10ClN3O/c1-5-3-7(6(2)11-5)8(9)12-10-4-13/h3-4,11H,1-2H3,(H,10,13)/b12-8+. The number of hydrogen-bond donors (Lipinski definition) is 2. The van der Waals surface area contributed by atoms with Gasteiger partial charge >= 0.3 is 0 Å². The number of halogens is 1. The first-order valence-corrected chi connectivity index (χ1v) is 4.12. The van der Waals surface area contributed by atoms with Gasteiger partial charge in [0, 0.05) is 17.0 Å². The molecule has 5 heteroatoms. The minimum Gasteiger partial charge on any atom is -0.362 e. The number of hydrazone groups is 1. The van der Waals surface area contributed by atoms with E-state index < -0.39 is 0 Å². The fourth-order valence-electron chi connectivity index (χ4n) is 1.08. The summed E-state index contributed by atoms with van der Waals surface area (Å²) in [5.74, 6) is 0. The van der Waals surface area contributed by atoms with Crippen LogP contribution in [0.1, 0.15) is 17.0 Å². The van der Waals surface area contributed by atoms with Gasteiger partial charge in [-0.1, -0.05) is 11.6 Å². The Labute approximate surface area is 81.0 Å². The molecule has 0 saturated heterocycles. The molecule has 1 rings (SSSR count). The van der Waals surface area contributed by atoms with E-state index in [1.165, 1.54) is 0 Å². The molecule has 13 heavy (non-hydrogen) atoms. The number of hydrogen-bond acceptors (Lipinski definition) is 2. The van der Waals surface area contributed by atoms with E-state index in [2.05, 4.69) is 15.5 Å². The van der Waals surface area contributed by atoms with E-state index in [1.54, 1.807) is 0 Å². The van der Waals surface area contributed by atoms with Gasteiger partial charge in [0.2, 0.25) is 6.41 Å². The summed E-state index contributed by atoms with van der Waals surface area (Å²) in [5.41, 5.74) is 4.88. The number of aromatic nitrogens is 1. The third-order valence-electron chi connectivity index (χ3n) is 1.59. The van der Waals surface area contributed by atoms with Crippen LogP contribution in [0.25, 0.3) is 0 Å². The summed E-state index contributed by atoms with van der Waals surface area (Å²) in [6, 6.07) is 1.87. The Bertz CT molecular complexity index is 343. The number of nitrogens with zero attached hydrogens (tertiary/aromatic N) is 1. The van der Waals surface area contributed by atoms with Crippen LogP contribution >= 0.6 is 11.6 Å². The molecule has 0 saturated carbocycles. The molecule has 0 radical (unpaired) electrons. The molecule has 0 aliphatic carbocycles. The van der Waals surface area contributed by atoms with E-state index in [1.807, 2.05) is 19.9 Å². The maximum atomic E-state index is 9.95. The van der Waals surface area contributed by atoms with Crippen molar-refractivity contribution in [3.05, 3.63) is 23.0 Å². The zero-order valence-electron chi connectivity index (χ0n) is 7.39. The van der Waals surface area contributed by atoms with E-state index in [9.17, 15) is 4.79 Å². The first kappa shape index (κ1) is 9.80. The highest BCUT2D eigenvalue weighted by Crippen LogP contribution is 2.12. The summed E-state index contributed by atoms with van der Waals surface area (Å²) >= 11 is 5.81. The van der Waals surface area contributed by atoms with E-state index in [0.717, 1.165) is 17.0 Å². The molecule has 0 aromatic carbocycles. The summed E-state index contributed by atoms with van der Waals surface area (Å²) in [4.78, 5) is 13.0. The van der Waals surface area contributed by atoms with Crippen molar-refractivity contribution in [2.45, 2.75) is 13.8 Å². The average molecular weight is 200 g/mol. The van der Waals surface area contributed by atoms with Crippen molar-refractivity contribution in [1.29, 1.82) is 0 Å². The van der Waals surface area contributed by atoms with Crippen molar-refractivity contribution in [3.63, 3.8) is 0 Å². The Morgan fingerprint density at radius 2 is 2.38 bits per heavy atom. The van der Waals surface area contributed by atoms with Crippen LogP contribution in [0.4, 0.5) is 0 Å². The van der Waals surface area contributed by atoms with Crippen LogP contribution < -0.4 is 5.43 Å². The fourth-order valence-corrected chi connectivity index (χ4v) is 1.33. The molecule has 0 aliphatic heterocycles. The molecular formula is C8H10ClN3O. The van der Waals surface area contributed by atoms with Crippen LogP contribution in [0.2, 0.25) is 0 Å². The monoisotopic (exact) mass is 199 g/mol. The Hall–Kier alpha value is -1.29. The largest absolute Gasteiger partial charge is 0.362 e. The Balaban J connectivity index is 2.93. The van der Waals surface area contributed by atoms with Gasteiger partial charge in [-0.25, -0.2) is 5.43 Å². The molecular weight excluding hydrogens is 190 g/mol. The zero-order chi connectivity index (χ0) is 9.84. The fraction of sp³-hybridized carbons (Fsp3) is 0.250. The highest BCUT2D eigenvalue weighted by Gasteiger charge is 2.06. The second-order valence-corrected chi connectivity index (χ2v) is 3.00. The van der Waals surface area contributed by atoms with E-state index in [4.69, 9.17) is 11.6 Å². The molecule has 0 atom stereocenters. The number of carbonyl (C=O) groups excluding carboxylic acids is 1. The second-order valence-electron chi connectivity index (χ2n) is 2.64. The molecule has 1 amide bonds. The number of amides is 1. The molecule has 0 fully saturated rings. The summed E-state index contributed by atoms with van der Waals surface area (Å²) in [6.45, 7) is 3.81. The Kier molecular flexibility index (Phi) is 3.08. The first-order chi connectivity index (χ1) is 6.15. The van der Waals surface area contributed by atoms with Gasteiger partial charge in [0.05, 0.1) is 0 Å². The number of H-pyrrole nitrogens is 1. The minimum absolute atomic E-state index is 0.272. The predicted molar refractivity (Wildman–Crippen MR) is 51.9 cm³/mol. The molecule has 2 N–H and O–H groups in total. The lowest BCUT2D eigenvalue weighted by molar-refractivity contribution is -0.109. The van der Waals surface area contributed by atoms with Gasteiger partial charge in [-0.3, -0.25) is 4.79 Å². The Morgan fingerprint density at radius 1 is 1.69 bits per heavy atom. The van der Waals surface area contributed by atoms with Crippen LogP contribution in [-0.4, -0.2) is 16.6 Å². The molecule has 0 spiro atoms. The van der Waals surface area contributed by atoms with E-state index >= 15 is 0 Å². The molecule has 1 aromatic heterocycles. The lowest BCUT2D eigenvalue weighted by Gasteiger charge is -1.94. The Morgan fingerprint density at radius 3 is 2.85 bits per heavy atom. The summed E-state index contributed by atoms with van der Waals surface area (Å²) in [5, 5.41) is 3.90. The maximum absolute atomic E-state index is 9.95. The van der Waals surface area contributed by atoms with Crippen LogP contribution in [0.3, 0.4) is 0 Å². The van der Waals surface area contributed by atoms with Gasteiger partial charge in [0.1, 0.15) is 0 Å². The van der Waals surface area contributed by atoms with E-state index in [0.29, 0.717) is 6.41 Å². The van der Waals surface area contributed by atoms with Gasteiger partial charge in [-0.2, -0.15) is 5.10 Å². The predicted octanol–water partition coefficient (Wildman–Crippen LogP) is 1.28. The van der Waals surface area contributed by atoms with Crippen LogP contribution in [-0.2, 0) is 4.79 Å². The number of aromatic amines is 1. The SMILES string of the molecule is Cc1cc(/C(Cl)=N\NC=O)c(C)[nH]1. The first-order valence-electron chi connectivity index (χ1n) is 3.74. The summed E-state index contributed by atoms with van der Waals surface area (Å²) in [7, 11) is 0. The normalized spacial score (nSPS) is 11.5. The number of rotatable bonds is 3. The molecule has 1 aromatic rings. The smallest absolute Gasteiger partial charge is 0.227 e. The second kappa shape index (κ2) is 4.09. The van der Waals surface area contributed by atoms with Crippen molar-refractivity contribution in [1.82, 2.24) is 10.4 Å². The minimum atomic E-state index is 0.272. The highest BCUT2D eigenvalue weighted by atomic mass is 35.5. The zero-order valence-corrected chi connectivity index (χ0v) is 8.14. The highest BCUT2D eigenvalue weighted by molar-refractivity contribution is 6.69.